The van der Waals surface area contributed by atoms with E-state index in [-0.39, 0.29) is 26.2 Å². The van der Waals surface area contributed by atoms with Gasteiger partial charge in [0.1, 0.15) is 5.60 Å². The lowest BCUT2D eigenvalue weighted by molar-refractivity contribution is 0.0295. The normalized spacial score (nSPS) is 21.2. The molecule has 0 N–H and O–H groups in total. The Hall–Kier alpha value is -1.93. The minimum atomic E-state index is -4.20. The highest BCUT2D eigenvalue weighted by Crippen LogP contribution is 2.30. The molecule has 0 spiro atoms. The van der Waals surface area contributed by atoms with Gasteiger partial charge in [0, 0.05) is 32.4 Å². The molecule has 0 atom stereocenters. The van der Waals surface area contributed by atoms with E-state index in [0.29, 0.717) is 0 Å². The Kier molecular flexibility index (Phi) is 3.03. The topological polar surface area (TPSA) is 79.8 Å². The smallest absolute Gasteiger partial charge is 0.410 e. The maximum atomic E-state index is 12.9. The molecule has 8 heteroatoms. The summed E-state index contributed by atoms with van der Waals surface area (Å²) in [4.78, 5) is 17.3. The fourth-order valence-electron chi connectivity index (χ4n) is 2.63. The predicted octanol–water partition coefficient (Wildman–Crippen LogP) is 1.63. The van der Waals surface area contributed by atoms with Crippen molar-refractivity contribution in [1.29, 1.82) is 0 Å². The molecule has 130 valence electrons. The van der Waals surface area contributed by atoms with Gasteiger partial charge in [-0.25, -0.2) is 18.2 Å². The molecule has 0 unspecified atom stereocenters. The van der Waals surface area contributed by atoms with Crippen molar-refractivity contribution >= 4 is 16.1 Å². The van der Waals surface area contributed by atoms with Crippen molar-refractivity contribution in [3.8, 4) is 0 Å². The van der Waals surface area contributed by atoms with Gasteiger partial charge in [0.2, 0.25) is 0 Å². The van der Waals surface area contributed by atoms with Gasteiger partial charge in [-0.2, -0.15) is 4.31 Å². The van der Waals surface area contributed by atoms with E-state index in [1.807, 2.05) is 0 Å². The number of pyridine rings is 1. The first-order chi connectivity index (χ1) is 12.8. The summed E-state index contributed by atoms with van der Waals surface area (Å²) in [5, 5.41) is -0.691. The highest BCUT2D eigenvalue weighted by Gasteiger charge is 2.39. The number of rotatable bonds is 2. The first-order valence-corrected chi connectivity index (χ1v) is 8.87. The molecule has 0 aliphatic carbocycles. The van der Waals surface area contributed by atoms with E-state index in [0.717, 1.165) is 15.5 Å². The second-order valence-corrected chi connectivity index (χ2v) is 8.57. The van der Waals surface area contributed by atoms with E-state index >= 15 is 0 Å². The molecular weight excluding hydrogens is 330 g/mol. The molecule has 3 heterocycles. The van der Waals surface area contributed by atoms with Crippen molar-refractivity contribution in [2.45, 2.75) is 31.4 Å². The SMILES string of the molecule is [2H]c1nc(S(=O)(=O)N2CC3=C(CN(C(=O)OC(C)(C)C)C3)C2)c([2H])c([2H])c1[2H]. The van der Waals surface area contributed by atoms with E-state index in [4.69, 9.17) is 10.2 Å². The number of sulfonamides is 1. The first-order valence-electron chi connectivity index (χ1n) is 9.43. The van der Waals surface area contributed by atoms with Gasteiger partial charge in [-0.15, -0.1) is 0 Å². The zero-order chi connectivity index (χ0) is 21.0. The van der Waals surface area contributed by atoms with Crippen LogP contribution in [0.1, 0.15) is 26.3 Å². The average molecular weight is 355 g/mol. The van der Waals surface area contributed by atoms with Crippen molar-refractivity contribution in [3.63, 3.8) is 0 Å². The van der Waals surface area contributed by atoms with Gasteiger partial charge in [0.25, 0.3) is 10.0 Å². The molecule has 1 amide bonds. The lowest BCUT2D eigenvalue weighted by Gasteiger charge is -2.26. The molecule has 7 nitrogen and oxygen atoms in total. The summed E-state index contributed by atoms with van der Waals surface area (Å²) in [6.07, 6.45) is -1.12. The number of carbonyl (C=O) groups is 1. The highest BCUT2D eigenvalue weighted by molar-refractivity contribution is 7.89. The van der Waals surface area contributed by atoms with Crippen molar-refractivity contribution in [2.75, 3.05) is 26.2 Å². The maximum Gasteiger partial charge on any atom is 0.410 e. The van der Waals surface area contributed by atoms with E-state index in [9.17, 15) is 13.2 Å². The number of amides is 1. The molecule has 0 fully saturated rings. The average Bonchev–Trinajstić information content (AvgIpc) is 3.13. The molecular formula is C16H21N3O4S. The standard InChI is InChI=1S/C16H21N3O4S/c1-16(2,3)23-15(20)18-8-12-10-19(11-13(12)9-18)24(21,22)14-6-4-5-7-17-14/h4-7H,8-11H2,1-3H3/i4D,5D,6D,7D. The van der Waals surface area contributed by atoms with Crippen LogP contribution in [0.15, 0.2) is 40.5 Å². The molecule has 0 aromatic carbocycles. The Labute approximate surface area is 147 Å². The Bertz CT molecular complexity index is 971. The molecule has 2 aliphatic rings. The zero-order valence-corrected chi connectivity index (χ0v) is 14.5. The summed E-state index contributed by atoms with van der Waals surface area (Å²) in [6, 6.07) is -1.92. The molecule has 0 saturated carbocycles. The van der Waals surface area contributed by atoms with Crippen LogP contribution in [0.4, 0.5) is 4.79 Å². The third kappa shape index (κ3) is 3.29. The second kappa shape index (κ2) is 5.86. The molecule has 24 heavy (non-hydrogen) atoms. The van der Waals surface area contributed by atoms with E-state index < -0.39 is 51.0 Å². The predicted molar refractivity (Wildman–Crippen MR) is 87.8 cm³/mol. The van der Waals surface area contributed by atoms with Gasteiger partial charge >= 0.3 is 6.09 Å². The van der Waals surface area contributed by atoms with E-state index in [1.54, 1.807) is 20.8 Å². The summed E-state index contributed by atoms with van der Waals surface area (Å²) in [7, 11) is -4.20. The van der Waals surface area contributed by atoms with Crippen LogP contribution >= 0.6 is 0 Å². The van der Waals surface area contributed by atoms with Crippen LogP contribution in [0.3, 0.4) is 0 Å². The summed E-state index contributed by atoms with van der Waals surface area (Å²) in [5.74, 6) is 0. The van der Waals surface area contributed by atoms with Crippen molar-refractivity contribution in [1.82, 2.24) is 14.2 Å². The van der Waals surface area contributed by atoms with Gasteiger partial charge in [-0.05, 0) is 44.0 Å². The molecule has 2 aliphatic heterocycles. The van der Waals surface area contributed by atoms with Gasteiger partial charge in [0.05, 0.1) is 5.48 Å². The van der Waals surface area contributed by atoms with Gasteiger partial charge in [0.15, 0.2) is 5.03 Å². The summed E-state index contributed by atoms with van der Waals surface area (Å²) in [6.45, 7) is 5.91. The Balaban J connectivity index is 1.76. The van der Waals surface area contributed by atoms with Crippen LogP contribution in [-0.2, 0) is 14.8 Å². The van der Waals surface area contributed by atoms with E-state index in [2.05, 4.69) is 4.98 Å². The minimum absolute atomic E-state index is 0.0430. The zero-order valence-electron chi connectivity index (χ0n) is 17.7. The van der Waals surface area contributed by atoms with Crippen LogP contribution < -0.4 is 0 Å². The highest BCUT2D eigenvalue weighted by atomic mass is 32.2. The number of nitrogens with zero attached hydrogens (tertiary/aromatic N) is 3. The van der Waals surface area contributed by atoms with Gasteiger partial charge in [-0.1, -0.05) is 6.04 Å². The molecule has 0 radical (unpaired) electrons. The Morgan fingerprint density at radius 1 is 1.21 bits per heavy atom. The van der Waals surface area contributed by atoms with Crippen molar-refractivity contribution in [3.05, 3.63) is 35.4 Å². The second-order valence-electron chi connectivity index (χ2n) is 6.72. The van der Waals surface area contributed by atoms with Crippen LogP contribution in [0.25, 0.3) is 0 Å². The largest absolute Gasteiger partial charge is 0.444 e. The van der Waals surface area contributed by atoms with Crippen molar-refractivity contribution in [2.24, 2.45) is 0 Å². The molecule has 0 bridgehead atoms. The Morgan fingerprint density at radius 2 is 1.83 bits per heavy atom. The van der Waals surface area contributed by atoms with Crippen LogP contribution in [0, 0.1) is 0 Å². The summed E-state index contributed by atoms with van der Waals surface area (Å²) >= 11 is 0. The Morgan fingerprint density at radius 3 is 2.42 bits per heavy atom. The lowest BCUT2D eigenvalue weighted by atomic mass is 10.2. The monoisotopic (exact) mass is 355 g/mol. The molecule has 1 aromatic rings. The molecule has 1 aromatic heterocycles. The van der Waals surface area contributed by atoms with Gasteiger partial charge in [-0.3, -0.25) is 0 Å². The fraction of sp³-hybridized carbons (Fsp3) is 0.500. The van der Waals surface area contributed by atoms with Gasteiger partial charge < -0.3 is 9.64 Å². The maximum absolute atomic E-state index is 12.9. The van der Waals surface area contributed by atoms with Crippen molar-refractivity contribution < 1.29 is 23.4 Å². The molecule has 3 rings (SSSR count). The summed E-state index contributed by atoms with van der Waals surface area (Å²) in [5.41, 5.74) is 0.951. The number of carbonyl (C=O) groups excluding carboxylic acids is 1. The van der Waals surface area contributed by atoms with Crippen LogP contribution in [0.5, 0.6) is 0 Å². The van der Waals surface area contributed by atoms with E-state index in [1.165, 1.54) is 4.90 Å². The lowest BCUT2D eigenvalue weighted by Crippen LogP contribution is -2.39. The minimum Gasteiger partial charge on any atom is -0.444 e. The van der Waals surface area contributed by atoms with Crippen LogP contribution in [0.2, 0.25) is 0 Å². The third-order valence-corrected chi connectivity index (χ3v) is 5.30. The van der Waals surface area contributed by atoms with Crippen LogP contribution in [-0.4, -0.2) is 60.5 Å². The summed E-state index contributed by atoms with van der Waals surface area (Å²) < 4.78 is 62.8. The number of hydrogen-bond donors (Lipinski definition) is 0. The molecule has 0 saturated heterocycles. The fourth-order valence-corrected chi connectivity index (χ4v) is 3.87. The number of hydrogen-bond acceptors (Lipinski definition) is 5. The third-order valence-electron chi connectivity index (χ3n) is 3.68. The number of aromatic nitrogens is 1. The first kappa shape index (κ1) is 12.4. The quantitative estimate of drug-likeness (QED) is 0.754. The number of ether oxygens (including phenoxy) is 1.